The molecule has 0 saturated carbocycles. The number of furan rings is 1. The van der Waals surface area contributed by atoms with Crippen molar-refractivity contribution < 1.29 is 28.2 Å². The lowest BCUT2D eigenvalue weighted by Gasteiger charge is -2.13. The first kappa shape index (κ1) is 23.4. The van der Waals surface area contributed by atoms with E-state index in [0.29, 0.717) is 34.6 Å². The molecule has 0 fully saturated rings. The standard InChI is InChI=1S/C24H24FNO5S/c1-14(10-23(27)26-20(24(28)29)8-9-32-3)17-11-18-19(15-4-6-16(25)7-5-15)13-31-22(18)12-21(17)30-2/h4-7,10-13,20H,8-9H2,1-3H3,(H,26,27)(H,28,29)/b14-10+. The summed E-state index contributed by atoms with van der Waals surface area (Å²) in [4.78, 5) is 23.9. The van der Waals surface area contributed by atoms with E-state index in [2.05, 4.69) is 5.32 Å². The molecular formula is C24H24FNO5S. The largest absolute Gasteiger partial charge is 0.496 e. The molecule has 3 rings (SSSR count). The average Bonchev–Trinajstić information content (AvgIpc) is 3.18. The van der Waals surface area contributed by atoms with E-state index in [0.717, 1.165) is 16.5 Å². The summed E-state index contributed by atoms with van der Waals surface area (Å²) in [6.07, 6.45) is 5.16. The molecule has 1 heterocycles. The molecule has 0 bridgehead atoms. The summed E-state index contributed by atoms with van der Waals surface area (Å²) in [5.74, 6) is -0.761. The number of carboxylic acid groups (broad SMARTS) is 1. The minimum absolute atomic E-state index is 0.328. The van der Waals surface area contributed by atoms with E-state index in [9.17, 15) is 19.1 Å². The van der Waals surface area contributed by atoms with E-state index in [1.165, 1.54) is 37.1 Å². The van der Waals surface area contributed by atoms with Gasteiger partial charge in [0.25, 0.3) is 0 Å². The first-order valence-electron chi connectivity index (χ1n) is 9.90. The number of aliphatic carboxylic acids is 1. The number of fused-ring (bicyclic) bond motifs is 1. The van der Waals surface area contributed by atoms with Gasteiger partial charge in [0.05, 0.1) is 13.4 Å². The van der Waals surface area contributed by atoms with Gasteiger partial charge in [0.15, 0.2) is 0 Å². The van der Waals surface area contributed by atoms with Crippen LogP contribution in [0.1, 0.15) is 18.9 Å². The van der Waals surface area contributed by atoms with Gasteiger partial charge in [-0.3, -0.25) is 4.79 Å². The third-order valence-electron chi connectivity index (χ3n) is 5.05. The lowest BCUT2D eigenvalue weighted by atomic mass is 9.99. The van der Waals surface area contributed by atoms with Gasteiger partial charge in [-0.25, -0.2) is 9.18 Å². The van der Waals surface area contributed by atoms with Crippen LogP contribution in [0.5, 0.6) is 5.75 Å². The summed E-state index contributed by atoms with van der Waals surface area (Å²) in [6.45, 7) is 1.75. The summed E-state index contributed by atoms with van der Waals surface area (Å²) in [5, 5.41) is 12.7. The van der Waals surface area contributed by atoms with Crippen LogP contribution in [0.2, 0.25) is 0 Å². The smallest absolute Gasteiger partial charge is 0.326 e. The fourth-order valence-electron chi connectivity index (χ4n) is 3.37. The Labute approximate surface area is 189 Å². The number of thioether (sulfide) groups is 1. The fourth-order valence-corrected chi connectivity index (χ4v) is 3.84. The average molecular weight is 458 g/mol. The molecule has 1 unspecified atom stereocenters. The molecule has 0 radical (unpaired) electrons. The first-order valence-corrected chi connectivity index (χ1v) is 11.3. The van der Waals surface area contributed by atoms with Gasteiger partial charge in [-0.15, -0.1) is 0 Å². The number of allylic oxidation sites excluding steroid dienone is 1. The zero-order valence-corrected chi connectivity index (χ0v) is 18.8. The maximum absolute atomic E-state index is 13.3. The lowest BCUT2D eigenvalue weighted by molar-refractivity contribution is -0.141. The Kier molecular flexibility index (Phi) is 7.58. The lowest BCUT2D eigenvalue weighted by Crippen LogP contribution is -2.40. The Morgan fingerprint density at radius 1 is 1.28 bits per heavy atom. The minimum atomic E-state index is -1.07. The second kappa shape index (κ2) is 10.4. The predicted molar refractivity (Wildman–Crippen MR) is 124 cm³/mol. The number of hydrogen-bond donors (Lipinski definition) is 2. The first-order chi connectivity index (χ1) is 15.3. The molecule has 168 valence electrons. The Morgan fingerprint density at radius 3 is 2.62 bits per heavy atom. The molecule has 1 atom stereocenters. The van der Waals surface area contributed by atoms with Gasteiger partial charge >= 0.3 is 5.97 Å². The molecule has 1 amide bonds. The van der Waals surface area contributed by atoms with Crippen molar-refractivity contribution in [2.24, 2.45) is 0 Å². The van der Waals surface area contributed by atoms with Crippen molar-refractivity contribution in [3.63, 3.8) is 0 Å². The van der Waals surface area contributed by atoms with Crippen LogP contribution < -0.4 is 10.1 Å². The molecule has 32 heavy (non-hydrogen) atoms. The second-order valence-corrected chi connectivity index (χ2v) is 8.20. The number of carbonyl (C=O) groups excluding carboxylic acids is 1. The zero-order chi connectivity index (χ0) is 23.3. The molecule has 2 aromatic carbocycles. The third kappa shape index (κ3) is 5.31. The number of amides is 1. The summed E-state index contributed by atoms with van der Waals surface area (Å²) >= 11 is 1.52. The van der Waals surface area contributed by atoms with Crippen LogP contribution in [0, 0.1) is 5.82 Å². The Hall–Kier alpha value is -3.26. The van der Waals surface area contributed by atoms with Gasteiger partial charge in [-0.1, -0.05) is 12.1 Å². The van der Waals surface area contributed by atoms with E-state index in [-0.39, 0.29) is 5.82 Å². The van der Waals surface area contributed by atoms with Gasteiger partial charge in [0.1, 0.15) is 23.2 Å². The van der Waals surface area contributed by atoms with Crippen LogP contribution in [-0.4, -0.2) is 42.1 Å². The van der Waals surface area contributed by atoms with Crippen LogP contribution in [-0.2, 0) is 9.59 Å². The van der Waals surface area contributed by atoms with Gasteiger partial charge in [-0.05, 0) is 54.7 Å². The van der Waals surface area contributed by atoms with E-state index >= 15 is 0 Å². The van der Waals surface area contributed by atoms with Gasteiger partial charge in [0, 0.05) is 28.7 Å². The Bertz CT molecular complexity index is 1150. The molecule has 8 heteroatoms. The monoisotopic (exact) mass is 457 g/mol. The van der Waals surface area contributed by atoms with E-state index < -0.39 is 17.9 Å². The number of carbonyl (C=O) groups is 2. The van der Waals surface area contributed by atoms with Crippen LogP contribution >= 0.6 is 11.8 Å². The molecule has 2 N–H and O–H groups in total. The quantitative estimate of drug-likeness (QED) is 0.441. The van der Waals surface area contributed by atoms with Gasteiger partial charge in [-0.2, -0.15) is 11.8 Å². The molecular weight excluding hydrogens is 433 g/mol. The van der Waals surface area contributed by atoms with E-state index in [4.69, 9.17) is 9.15 Å². The molecule has 3 aromatic rings. The number of rotatable bonds is 9. The molecule has 0 aliphatic heterocycles. The molecule has 1 aromatic heterocycles. The minimum Gasteiger partial charge on any atom is -0.496 e. The molecule has 0 saturated heterocycles. The predicted octanol–water partition coefficient (Wildman–Crippen LogP) is 4.97. The van der Waals surface area contributed by atoms with Crippen molar-refractivity contribution in [1.29, 1.82) is 0 Å². The van der Waals surface area contributed by atoms with Crippen LogP contribution in [0.15, 0.2) is 53.2 Å². The number of benzene rings is 2. The van der Waals surface area contributed by atoms with Crippen molar-refractivity contribution >= 4 is 40.2 Å². The number of ether oxygens (including phenoxy) is 1. The van der Waals surface area contributed by atoms with Crippen molar-refractivity contribution in [2.45, 2.75) is 19.4 Å². The highest BCUT2D eigenvalue weighted by Crippen LogP contribution is 2.37. The zero-order valence-electron chi connectivity index (χ0n) is 18.0. The summed E-state index contributed by atoms with van der Waals surface area (Å²) in [6, 6.07) is 8.71. The van der Waals surface area contributed by atoms with E-state index in [1.807, 2.05) is 12.3 Å². The fraction of sp³-hybridized carbons (Fsp3) is 0.250. The molecule has 0 aliphatic rings. The van der Waals surface area contributed by atoms with Crippen LogP contribution in [0.4, 0.5) is 4.39 Å². The van der Waals surface area contributed by atoms with Crippen molar-refractivity contribution in [3.05, 3.63) is 60.1 Å². The van der Waals surface area contributed by atoms with E-state index in [1.54, 1.807) is 31.4 Å². The summed E-state index contributed by atoms with van der Waals surface area (Å²) < 4.78 is 24.5. The highest BCUT2D eigenvalue weighted by Gasteiger charge is 2.19. The Morgan fingerprint density at radius 2 is 2.00 bits per heavy atom. The summed E-state index contributed by atoms with van der Waals surface area (Å²) in [7, 11) is 1.52. The topological polar surface area (TPSA) is 88.8 Å². The van der Waals surface area contributed by atoms with Crippen LogP contribution in [0.25, 0.3) is 27.7 Å². The number of halogens is 1. The molecule has 0 aliphatic carbocycles. The van der Waals surface area contributed by atoms with Crippen LogP contribution in [0.3, 0.4) is 0 Å². The van der Waals surface area contributed by atoms with Crippen molar-refractivity contribution in [2.75, 3.05) is 19.1 Å². The number of nitrogens with one attached hydrogen (secondary N) is 1. The normalized spacial score (nSPS) is 12.6. The third-order valence-corrected chi connectivity index (χ3v) is 5.69. The highest BCUT2D eigenvalue weighted by atomic mass is 32.2. The van der Waals surface area contributed by atoms with Gasteiger partial charge in [0.2, 0.25) is 5.91 Å². The summed E-state index contributed by atoms with van der Waals surface area (Å²) in [5.41, 5.74) is 3.42. The highest BCUT2D eigenvalue weighted by molar-refractivity contribution is 7.98. The SMILES string of the molecule is COc1cc2occ(-c3ccc(F)cc3)c2cc1/C(C)=C/C(=O)NC(CCSC)C(=O)O. The maximum Gasteiger partial charge on any atom is 0.326 e. The Balaban J connectivity index is 1.95. The number of carboxylic acids is 1. The second-order valence-electron chi connectivity index (χ2n) is 7.21. The maximum atomic E-state index is 13.3. The number of hydrogen-bond acceptors (Lipinski definition) is 5. The number of methoxy groups -OCH3 is 1. The molecule has 6 nitrogen and oxygen atoms in total. The molecule has 0 spiro atoms. The van der Waals surface area contributed by atoms with Crippen molar-refractivity contribution in [3.8, 4) is 16.9 Å². The van der Waals surface area contributed by atoms with Gasteiger partial charge < -0.3 is 19.6 Å². The van der Waals surface area contributed by atoms with Crippen molar-refractivity contribution in [1.82, 2.24) is 5.32 Å².